The lowest BCUT2D eigenvalue weighted by Gasteiger charge is -2.09. The molecule has 0 bridgehead atoms. The number of carbonyl (C=O) groups is 1. The van der Waals surface area contributed by atoms with Gasteiger partial charge in [0, 0.05) is 5.56 Å². The third kappa shape index (κ3) is 3.23. The Morgan fingerprint density at radius 2 is 1.59 bits per heavy atom. The molecule has 108 valence electrons. The van der Waals surface area contributed by atoms with Crippen LogP contribution in [0.2, 0.25) is 0 Å². The van der Waals surface area contributed by atoms with Crippen LogP contribution in [0.1, 0.15) is 15.9 Å². The van der Waals surface area contributed by atoms with Crippen molar-refractivity contribution < 1.29 is 9.53 Å². The molecule has 22 heavy (non-hydrogen) atoms. The van der Waals surface area contributed by atoms with Crippen LogP contribution in [0.4, 0.5) is 0 Å². The number of carbonyl (C=O) groups excluding carboxylic acids is 1. The molecule has 0 aromatic heterocycles. The molecule has 0 saturated carbocycles. The molecule has 0 aliphatic rings. The molecule has 0 aliphatic carbocycles. The van der Waals surface area contributed by atoms with Crippen LogP contribution in [0, 0.1) is 0 Å². The van der Waals surface area contributed by atoms with E-state index in [1.165, 1.54) is 0 Å². The van der Waals surface area contributed by atoms with Gasteiger partial charge in [0.1, 0.15) is 12.4 Å². The van der Waals surface area contributed by atoms with Crippen LogP contribution >= 0.6 is 0 Å². The van der Waals surface area contributed by atoms with Gasteiger partial charge in [0.15, 0.2) is 6.29 Å². The third-order valence-electron chi connectivity index (χ3n) is 3.48. The fourth-order valence-electron chi connectivity index (χ4n) is 2.36. The van der Waals surface area contributed by atoms with Crippen LogP contribution in [-0.4, -0.2) is 6.29 Å². The second-order valence-electron chi connectivity index (χ2n) is 5.01. The van der Waals surface area contributed by atoms with Gasteiger partial charge in [-0.1, -0.05) is 66.7 Å². The van der Waals surface area contributed by atoms with E-state index in [9.17, 15) is 4.79 Å². The summed E-state index contributed by atoms with van der Waals surface area (Å²) in [6.07, 6.45) is 0.882. The fourth-order valence-corrected chi connectivity index (χ4v) is 2.36. The number of benzene rings is 3. The molecule has 0 fully saturated rings. The van der Waals surface area contributed by atoms with Gasteiger partial charge in [0.25, 0.3) is 0 Å². The van der Waals surface area contributed by atoms with Gasteiger partial charge in [-0.25, -0.2) is 0 Å². The first-order chi connectivity index (χ1) is 10.9. The van der Waals surface area contributed by atoms with Gasteiger partial charge in [-0.05, 0) is 28.8 Å². The molecule has 2 nitrogen and oxygen atoms in total. The normalized spacial score (nSPS) is 10.2. The second kappa shape index (κ2) is 6.72. The minimum atomic E-state index is 0.527. The Morgan fingerprint density at radius 1 is 0.818 bits per heavy atom. The molecule has 3 rings (SSSR count). The summed E-state index contributed by atoms with van der Waals surface area (Å²) >= 11 is 0. The van der Waals surface area contributed by atoms with E-state index in [1.807, 2.05) is 78.9 Å². The van der Waals surface area contributed by atoms with Gasteiger partial charge in [-0.15, -0.1) is 0 Å². The highest BCUT2D eigenvalue weighted by Gasteiger charge is 2.05. The molecule has 0 N–H and O–H groups in total. The molecule has 0 heterocycles. The van der Waals surface area contributed by atoms with Gasteiger partial charge in [-0.2, -0.15) is 0 Å². The predicted octanol–water partition coefficient (Wildman–Crippen LogP) is 4.75. The number of ether oxygens (including phenoxy) is 1. The molecular weight excluding hydrogens is 272 g/mol. The van der Waals surface area contributed by atoms with E-state index in [4.69, 9.17) is 4.74 Å². The summed E-state index contributed by atoms with van der Waals surface area (Å²) in [6, 6.07) is 25.4. The summed E-state index contributed by atoms with van der Waals surface area (Å²) in [4.78, 5) is 11.2. The van der Waals surface area contributed by atoms with Crippen LogP contribution in [0.3, 0.4) is 0 Å². The zero-order chi connectivity index (χ0) is 15.2. The van der Waals surface area contributed by atoms with Gasteiger partial charge in [0.05, 0.1) is 0 Å². The van der Waals surface area contributed by atoms with Crippen molar-refractivity contribution in [3.05, 3.63) is 90.0 Å². The Bertz CT molecular complexity index is 763. The summed E-state index contributed by atoms with van der Waals surface area (Å²) in [5.74, 6) is 0.794. The molecule has 0 amide bonds. The largest absolute Gasteiger partial charge is 0.489 e. The van der Waals surface area contributed by atoms with Crippen molar-refractivity contribution in [2.75, 3.05) is 0 Å². The number of hydrogen-bond donors (Lipinski definition) is 0. The van der Waals surface area contributed by atoms with Gasteiger partial charge >= 0.3 is 0 Å². The lowest BCUT2D eigenvalue weighted by atomic mass is 10.0. The van der Waals surface area contributed by atoms with Crippen LogP contribution in [0.25, 0.3) is 11.1 Å². The molecule has 0 spiro atoms. The zero-order valence-electron chi connectivity index (χ0n) is 12.1. The van der Waals surface area contributed by atoms with Crippen molar-refractivity contribution in [2.45, 2.75) is 6.61 Å². The summed E-state index contributed by atoms with van der Waals surface area (Å²) in [6.45, 7) is 0.527. The maximum absolute atomic E-state index is 11.2. The highest BCUT2D eigenvalue weighted by atomic mass is 16.5. The van der Waals surface area contributed by atoms with Crippen LogP contribution in [0.15, 0.2) is 78.9 Å². The molecule has 0 radical (unpaired) electrons. The zero-order valence-corrected chi connectivity index (χ0v) is 12.1. The Hall–Kier alpha value is -2.87. The predicted molar refractivity (Wildman–Crippen MR) is 88.0 cm³/mol. The maximum atomic E-state index is 11.2. The Balaban J connectivity index is 1.82. The molecular formula is C20H16O2. The lowest BCUT2D eigenvalue weighted by Crippen LogP contribution is -1.95. The summed E-state index contributed by atoms with van der Waals surface area (Å²) in [5, 5.41) is 0. The van der Waals surface area contributed by atoms with Crippen molar-refractivity contribution in [2.24, 2.45) is 0 Å². The van der Waals surface area contributed by atoms with E-state index >= 15 is 0 Å². The highest BCUT2D eigenvalue weighted by Crippen LogP contribution is 2.26. The van der Waals surface area contributed by atoms with E-state index in [1.54, 1.807) is 0 Å². The van der Waals surface area contributed by atoms with E-state index < -0.39 is 0 Å². The lowest BCUT2D eigenvalue weighted by molar-refractivity contribution is 0.112. The van der Waals surface area contributed by atoms with Crippen molar-refractivity contribution in [1.29, 1.82) is 0 Å². The Kier molecular flexibility index (Phi) is 4.30. The van der Waals surface area contributed by atoms with Crippen LogP contribution < -0.4 is 4.74 Å². The highest BCUT2D eigenvalue weighted by molar-refractivity contribution is 5.87. The fraction of sp³-hybridized carbons (Fsp3) is 0.0500. The minimum Gasteiger partial charge on any atom is -0.489 e. The van der Waals surface area contributed by atoms with Crippen LogP contribution in [0.5, 0.6) is 5.75 Å². The van der Waals surface area contributed by atoms with E-state index in [0.29, 0.717) is 12.2 Å². The molecule has 3 aromatic rings. The smallest absolute Gasteiger partial charge is 0.150 e. The SMILES string of the molecule is O=Cc1ccccc1-c1cccc(OCc2ccccc2)c1. The summed E-state index contributed by atoms with van der Waals surface area (Å²) in [7, 11) is 0. The quantitative estimate of drug-likeness (QED) is 0.634. The van der Waals surface area contributed by atoms with E-state index in [2.05, 4.69) is 0 Å². The van der Waals surface area contributed by atoms with E-state index in [-0.39, 0.29) is 0 Å². The number of rotatable bonds is 5. The topological polar surface area (TPSA) is 26.3 Å². The second-order valence-corrected chi connectivity index (χ2v) is 5.01. The molecule has 0 aliphatic heterocycles. The first-order valence-corrected chi connectivity index (χ1v) is 7.18. The van der Waals surface area contributed by atoms with Crippen molar-refractivity contribution >= 4 is 6.29 Å². The van der Waals surface area contributed by atoms with Gasteiger partial charge in [0.2, 0.25) is 0 Å². The maximum Gasteiger partial charge on any atom is 0.150 e. The Morgan fingerprint density at radius 3 is 2.41 bits per heavy atom. The molecule has 2 heteroatoms. The van der Waals surface area contributed by atoms with Crippen LogP contribution in [-0.2, 0) is 6.61 Å². The summed E-state index contributed by atoms with van der Waals surface area (Å²) < 4.78 is 5.84. The molecule has 0 saturated heterocycles. The van der Waals surface area contributed by atoms with Gasteiger partial charge in [-0.3, -0.25) is 4.79 Å². The minimum absolute atomic E-state index is 0.527. The van der Waals surface area contributed by atoms with E-state index in [0.717, 1.165) is 28.7 Å². The number of aldehydes is 1. The monoisotopic (exact) mass is 288 g/mol. The summed E-state index contributed by atoms with van der Waals surface area (Å²) in [5.41, 5.74) is 3.71. The van der Waals surface area contributed by atoms with Crippen molar-refractivity contribution in [1.82, 2.24) is 0 Å². The molecule has 0 atom stereocenters. The average molecular weight is 288 g/mol. The third-order valence-corrected chi connectivity index (χ3v) is 3.48. The Labute approximate surface area is 130 Å². The van der Waals surface area contributed by atoms with Crippen molar-refractivity contribution in [3.63, 3.8) is 0 Å². The average Bonchev–Trinajstić information content (AvgIpc) is 2.61. The standard InChI is InChI=1S/C20H16O2/c21-14-18-9-4-5-12-20(18)17-10-6-11-19(13-17)22-15-16-7-2-1-3-8-16/h1-14H,15H2. The first kappa shape index (κ1) is 14.1. The number of hydrogen-bond acceptors (Lipinski definition) is 2. The first-order valence-electron chi connectivity index (χ1n) is 7.18. The molecule has 0 unspecified atom stereocenters. The molecule has 3 aromatic carbocycles. The van der Waals surface area contributed by atoms with Crippen molar-refractivity contribution in [3.8, 4) is 16.9 Å². The van der Waals surface area contributed by atoms with Gasteiger partial charge < -0.3 is 4.74 Å².